The summed E-state index contributed by atoms with van der Waals surface area (Å²) in [5, 5.41) is 17.1. The number of rotatable bonds is 1. The van der Waals surface area contributed by atoms with Gasteiger partial charge in [0.2, 0.25) is 0 Å². The fraction of sp³-hybridized carbons (Fsp3) is 0. The third-order valence-electron chi connectivity index (χ3n) is 3.76. The normalized spacial score (nSPS) is 11.7. The van der Waals surface area contributed by atoms with E-state index in [0.717, 1.165) is 26.9 Å². The van der Waals surface area contributed by atoms with Crippen molar-refractivity contribution in [2.75, 3.05) is 0 Å². The molecule has 0 unspecified atom stereocenters. The second kappa shape index (κ2) is 3.81. The van der Waals surface area contributed by atoms with E-state index >= 15 is 0 Å². The highest BCUT2D eigenvalue weighted by molar-refractivity contribution is 6.37. The summed E-state index contributed by atoms with van der Waals surface area (Å²) in [5.41, 5.74) is -0.0163. The van der Waals surface area contributed by atoms with Crippen LogP contribution < -0.4 is 0 Å². The molecule has 0 saturated carbocycles. The highest BCUT2D eigenvalue weighted by atomic mass is 35.5. The Bertz CT molecular complexity index is 978. The Morgan fingerprint density at radius 2 is 1.55 bits per heavy atom. The van der Waals surface area contributed by atoms with Crippen LogP contribution in [0.3, 0.4) is 0 Å². The number of nitrogens with zero attached hydrogens (tertiary/aromatic N) is 1. The summed E-state index contributed by atoms with van der Waals surface area (Å²) in [5.74, 6) is 0. The molecule has 0 atom stereocenters. The molecule has 4 rings (SSSR count). The number of nitro groups is 1. The largest absolute Gasteiger partial charge is 0.295 e. The van der Waals surface area contributed by atoms with Gasteiger partial charge in [-0.2, -0.15) is 0 Å². The van der Waals surface area contributed by atoms with E-state index in [1.165, 1.54) is 0 Å². The molecule has 0 heterocycles. The van der Waals surface area contributed by atoms with Crippen LogP contribution in [0.2, 0.25) is 5.02 Å². The van der Waals surface area contributed by atoms with Crippen LogP contribution in [-0.2, 0) is 0 Å². The summed E-state index contributed by atoms with van der Waals surface area (Å²) in [7, 11) is 0. The molecule has 96 valence electrons. The van der Waals surface area contributed by atoms with E-state index in [1.54, 1.807) is 12.1 Å². The second-order valence-electron chi connectivity index (χ2n) is 4.82. The number of hydrogen-bond donors (Lipinski definition) is 0. The van der Waals surface area contributed by atoms with Crippen molar-refractivity contribution in [3.63, 3.8) is 0 Å². The standard InChI is InChI=1S/C16H8ClNO2/c17-13-8-11-5-4-9-2-1-3-10-6-7-12(15(11)14(9)10)16(13)18(19)20/h1-8H. The van der Waals surface area contributed by atoms with Crippen LogP contribution in [0.5, 0.6) is 0 Å². The first kappa shape index (κ1) is 11.4. The molecule has 0 spiro atoms. The number of benzene rings is 4. The molecular weight excluding hydrogens is 274 g/mol. The molecule has 0 bridgehead atoms. The molecule has 4 heteroatoms. The predicted molar refractivity (Wildman–Crippen MR) is 81.8 cm³/mol. The quantitative estimate of drug-likeness (QED) is 0.275. The summed E-state index contributed by atoms with van der Waals surface area (Å²) >= 11 is 6.08. The third kappa shape index (κ3) is 1.35. The first-order chi connectivity index (χ1) is 9.66. The van der Waals surface area contributed by atoms with Crippen molar-refractivity contribution in [2.24, 2.45) is 0 Å². The van der Waals surface area contributed by atoms with Crippen LogP contribution >= 0.6 is 11.6 Å². The lowest BCUT2D eigenvalue weighted by Gasteiger charge is -2.11. The van der Waals surface area contributed by atoms with Gasteiger partial charge in [0.1, 0.15) is 5.02 Å². The van der Waals surface area contributed by atoms with Crippen LogP contribution in [0.15, 0.2) is 48.5 Å². The molecule has 0 fully saturated rings. The molecule has 0 amide bonds. The topological polar surface area (TPSA) is 43.1 Å². The van der Waals surface area contributed by atoms with Crippen molar-refractivity contribution in [1.82, 2.24) is 0 Å². The fourth-order valence-electron chi connectivity index (χ4n) is 2.95. The first-order valence-electron chi connectivity index (χ1n) is 6.17. The summed E-state index contributed by atoms with van der Waals surface area (Å²) in [6, 6.07) is 15.4. The molecule has 3 nitrogen and oxygen atoms in total. The van der Waals surface area contributed by atoms with E-state index in [1.807, 2.05) is 36.4 Å². The minimum atomic E-state index is -0.409. The molecule has 0 aromatic heterocycles. The molecule has 20 heavy (non-hydrogen) atoms. The van der Waals surface area contributed by atoms with Crippen molar-refractivity contribution in [3.8, 4) is 0 Å². The molecule has 0 N–H and O–H groups in total. The van der Waals surface area contributed by atoms with Crippen LogP contribution in [0.4, 0.5) is 5.69 Å². The second-order valence-corrected chi connectivity index (χ2v) is 5.23. The number of nitro benzene ring substituents is 1. The summed E-state index contributed by atoms with van der Waals surface area (Å²) in [4.78, 5) is 10.9. The zero-order valence-electron chi connectivity index (χ0n) is 10.3. The van der Waals surface area contributed by atoms with Crippen molar-refractivity contribution in [1.29, 1.82) is 0 Å². The maximum atomic E-state index is 11.3. The maximum Gasteiger partial charge on any atom is 0.295 e. The lowest BCUT2D eigenvalue weighted by atomic mass is 9.93. The van der Waals surface area contributed by atoms with Gasteiger partial charge in [-0.25, -0.2) is 0 Å². The Labute approximate surface area is 118 Å². The Morgan fingerprint density at radius 1 is 0.900 bits per heavy atom. The molecule has 0 aliphatic rings. The predicted octanol–water partition coefficient (Wildman–Crippen LogP) is 5.15. The molecule has 0 radical (unpaired) electrons. The SMILES string of the molecule is O=[N+]([O-])c1c(Cl)cc2ccc3cccc4ccc1c2c34. The minimum Gasteiger partial charge on any atom is -0.258 e. The maximum absolute atomic E-state index is 11.3. The summed E-state index contributed by atoms with van der Waals surface area (Å²) in [6.07, 6.45) is 0. The van der Waals surface area contributed by atoms with E-state index < -0.39 is 4.92 Å². The lowest BCUT2D eigenvalue weighted by molar-refractivity contribution is -0.382. The van der Waals surface area contributed by atoms with Crippen molar-refractivity contribution >= 4 is 49.6 Å². The first-order valence-corrected chi connectivity index (χ1v) is 6.55. The van der Waals surface area contributed by atoms with Crippen LogP contribution in [0.25, 0.3) is 32.3 Å². The number of halogens is 1. The van der Waals surface area contributed by atoms with Crippen LogP contribution in [-0.4, -0.2) is 4.92 Å². The molecule has 0 aliphatic heterocycles. The molecular formula is C16H8ClNO2. The number of hydrogen-bond acceptors (Lipinski definition) is 2. The Balaban J connectivity index is 2.39. The van der Waals surface area contributed by atoms with Crippen molar-refractivity contribution in [2.45, 2.75) is 0 Å². The van der Waals surface area contributed by atoms with Gasteiger partial charge in [0.25, 0.3) is 5.69 Å². The van der Waals surface area contributed by atoms with E-state index in [4.69, 9.17) is 11.6 Å². The van der Waals surface area contributed by atoms with E-state index in [2.05, 4.69) is 0 Å². The zero-order valence-corrected chi connectivity index (χ0v) is 11.0. The van der Waals surface area contributed by atoms with Gasteiger partial charge in [0, 0.05) is 5.39 Å². The van der Waals surface area contributed by atoms with Gasteiger partial charge in [0.05, 0.1) is 10.3 Å². The Kier molecular flexibility index (Phi) is 2.18. The average Bonchev–Trinajstić information content (AvgIpc) is 2.43. The van der Waals surface area contributed by atoms with Crippen molar-refractivity contribution in [3.05, 3.63) is 63.7 Å². The monoisotopic (exact) mass is 281 g/mol. The van der Waals surface area contributed by atoms with Gasteiger partial charge < -0.3 is 0 Å². The van der Waals surface area contributed by atoms with Crippen LogP contribution in [0, 0.1) is 10.1 Å². The van der Waals surface area contributed by atoms with Gasteiger partial charge in [0.15, 0.2) is 0 Å². The Hall–Kier alpha value is -2.39. The van der Waals surface area contributed by atoms with Gasteiger partial charge in [-0.05, 0) is 33.7 Å². The van der Waals surface area contributed by atoms with Gasteiger partial charge in [-0.15, -0.1) is 0 Å². The molecule has 0 saturated heterocycles. The van der Waals surface area contributed by atoms with E-state index in [9.17, 15) is 10.1 Å². The van der Waals surface area contributed by atoms with Gasteiger partial charge >= 0.3 is 0 Å². The minimum absolute atomic E-state index is 0.0163. The molecule has 4 aromatic carbocycles. The van der Waals surface area contributed by atoms with E-state index in [0.29, 0.717) is 5.39 Å². The summed E-state index contributed by atoms with van der Waals surface area (Å²) < 4.78 is 0. The van der Waals surface area contributed by atoms with Crippen molar-refractivity contribution < 1.29 is 4.92 Å². The fourth-order valence-corrected chi connectivity index (χ4v) is 3.23. The lowest BCUT2D eigenvalue weighted by Crippen LogP contribution is -1.93. The zero-order chi connectivity index (χ0) is 13.9. The molecule has 0 aliphatic carbocycles. The third-order valence-corrected chi connectivity index (χ3v) is 4.04. The van der Waals surface area contributed by atoms with Crippen LogP contribution in [0.1, 0.15) is 0 Å². The van der Waals surface area contributed by atoms with Gasteiger partial charge in [-0.3, -0.25) is 10.1 Å². The van der Waals surface area contributed by atoms with Gasteiger partial charge in [-0.1, -0.05) is 48.0 Å². The highest BCUT2D eigenvalue weighted by Gasteiger charge is 2.20. The molecule has 4 aromatic rings. The highest BCUT2D eigenvalue weighted by Crippen LogP contribution is 2.41. The summed E-state index contributed by atoms with van der Waals surface area (Å²) in [6.45, 7) is 0. The smallest absolute Gasteiger partial charge is 0.258 e. The Morgan fingerprint density at radius 3 is 2.25 bits per heavy atom. The van der Waals surface area contributed by atoms with E-state index in [-0.39, 0.29) is 10.7 Å². The average molecular weight is 282 g/mol.